The number of rotatable bonds is 4. The van der Waals surface area contributed by atoms with Crippen molar-refractivity contribution in [1.82, 2.24) is 5.32 Å². The third-order valence-corrected chi connectivity index (χ3v) is 4.31. The number of aryl methyl sites for hydroxylation is 1. The van der Waals surface area contributed by atoms with Crippen molar-refractivity contribution >= 4 is 16.9 Å². The van der Waals surface area contributed by atoms with Gasteiger partial charge in [0.25, 0.3) is 5.91 Å². The van der Waals surface area contributed by atoms with Crippen LogP contribution in [0.4, 0.5) is 0 Å². The Balaban J connectivity index is 1.72. The molecule has 0 aliphatic heterocycles. The number of carbonyl (C=O) groups excluding carboxylic acids is 1. The molecule has 5 nitrogen and oxygen atoms in total. The summed E-state index contributed by atoms with van der Waals surface area (Å²) in [5.74, 6) is 0.406. The van der Waals surface area contributed by atoms with E-state index < -0.39 is 6.10 Å². The predicted octanol–water partition coefficient (Wildman–Crippen LogP) is 2.93. The minimum atomic E-state index is -0.593. The zero-order valence-corrected chi connectivity index (χ0v) is 13.4. The van der Waals surface area contributed by atoms with Gasteiger partial charge < -0.3 is 14.5 Å². The van der Waals surface area contributed by atoms with Crippen LogP contribution in [0.3, 0.4) is 0 Å². The summed E-state index contributed by atoms with van der Waals surface area (Å²) >= 11 is 0. The molecule has 3 rings (SSSR count). The fourth-order valence-electron chi connectivity index (χ4n) is 3.02. The zero-order valence-electron chi connectivity index (χ0n) is 13.4. The van der Waals surface area contributed by atoms with E-state index in [1.165, 1.54) is 18.9 Å². The average molecular weight is 315 g/mol. The van der Waals surface area contributed by atoms with E-state index in [9.17, 15) is 9.59 Å². The van der Waals surface area contributed by atoms with Crippen molar-refractivity contribution < 1.29 is 13.9 Å². The molecule has 0 unspecified atom stereocenters. The summed E-state index contributed by atoms with van der Waals surface area (Å²) < 4.78 is 10.9. The average Bonchev–Trinajstić information content (AvgIpc) is 2.99. The number of fused-ring (bicyclic) bond motifs is 1. The Hall–Kier alpha value is -2.30. The molecule has 1 N–H and O–H groups in total. The Bertz CT molecular complexity index is 774. The van der Waals surface area contributed by atoms with Gasteiger partial charge in [0.05, 0.1) is 0 Å². The van der Waals surface area contributed by atoms with E-state index >= 15 is 0 Å². The van der Waals surface area contributed by atoms with Crippen LogP contribution in [0.25, 0.3) is 11.0 Å². The molecule has 1 atom stereocenters. The number of nitrogens with one attached hydrogen (secondary N) is 1. The fraction of sp³-hybridized carbons (Fsp3) is 0.444. The summed E-state index contributed by atoms with van der Waals surface area (Å²) in [7, 11) is 0. The lowest BCUT2D eigenvalue weighted by Crippen LogP contribution is -2.41. The Kier molecular flexibility index (Phi) is 4.37. The minimum absolute atomic E-state index is 0.109. The fourth-order valence-corrected chi connectivity index (χ4v) is 3.02. The molecule has 1 heterocycles. The van der Waals surface area contributed by atoms with E-state index in [1.54, 1.807) is 19.1 Å². The van der Waals surface area contributed by atoms with Crippen LogP contribution in [0.2, 0.25) is 0 Å². The van der Waals surface area contributed by atoms with Crippen LogP contribution in [0, 0.1) is 6.92 Å². The first-order chi connectivity index (χ1) is 11.0. The van der Waals surface area contributed by atoms with Gasteiger partial charge in [-0.1, -0.05) is 12.8 Å². The topological polar surface area (TPSA) is 68.5 Å². The SMILES string of the molecule is Cc1cc(=O)oc2cc(O[C@H](C)C(=O)NC3CCCC3)ccc12. The Morgan fingerprint density at radius 3 is 2.78 bits per heavy atom. The van der Waals surface area contributed by atoms with Gasteiger partial charge in [0.15, 0.2) is 6.10 Å². The Labute approximate surface area is 134 Å². The summed E-state index contributed by atoms with van der Waals surface area (Å²) in [5.41, 5.74) is 0.935. The van der Waals surface area contributed by atoms with Crippen molar-refractivity contribution in [2.24, 2.45) is 0 Å². The van der Waals surface area contributed by atoms with Gasteiger partial charge in [0.2, 0.25) is 0 Å². The van der Waals surface area contributed by atoms with Crippen LogP contribution in [-0.2, 0) is 4.79 Å². The summed E-state index contributed by atoms with van der Waals surface area (Å²) in [4.78, 5) is 23.6. The molecule has 0 saturated heterocycles. The second-order valence-electron chi connectivity index (χ2n) is 6.16. The van der Waals surface area contributed by atoms with Gasteiger partial charge in [-0.25, -0.2) is 4.79 Å². The highest BCUT2D eigenvalue weighted by Gasteiger charge is 2.21. The molecule has 5 heteroatoms. The summed E-state index contributed by atoms with van der Waals surface area (Å²) in [5, 5.41) is 3.88. The number of amides is 1. The molecule has 1 fully saturated rings. The molecular weight excluding hydrogens is 294 g/mol. The quantitative estimate of drug-likeness (QED) is 0.881. The van der Waals surface area contributed by atoms with Crippen LogP contribution >= 0.6 is 0 Å². The van der Waals surface area contributed by atoms with Gasteiger partial charge >= 0.3 is 5.63 Å². The highest BCUT2D eigenvalue weighted by molar-refractivity contribution is 5.82. The van der Waals surface area contributed by atoms with Gasteiger partial charge in [-0.3, -0.25) is 4.79 Å². The maximum absolute atomic E-state index is 12.2. The van der Waals surface area contributed by atoms with Crippen molar-refractivity contribution in [2.75, 3.05) is 0 Å². The summed E-state index contributed by atoms with van der Waals surface area (Å²) in [6.45, 7) is 3.58. The van der Waals surface area contributed by atoms with Crippen molar-refractivity contribution in [1.29, 1.82) is 0 Å². The van der Waals surface area contributed by atoms with E-state index in [-0.39, 0.29) is 17.6 Å². The molecule has 1 aliphatic rings. The minimum Gasteiger partial charge on any atom is -0.481 e. The van der Waals surface area contributed by atoms with Gasteiger partial charge in [-0.05, 0) is 44.4 Å². The first-order valence-corrected chi connectivity index (χ1v) is 8.04. The van der Waals surface area contributed by atoms with Crippen molar-refractivity contribution in [2.45, 2.75) is 51.7 Å². The number of carbonyl (C=O) groups is 1. The molecule has 122 valence electrons. The monoisotopic (exact) mass is 315 g/mol. The number of benzene rings is 1. The molecule has 1 aromatic heterocycles. The zero-order chi connectivity index (χ0) is 16.4. The largest absolute Gasteiger partial charge is 0.481 e. The number of ether oxygens (including phenoxy) is 1. The highest BCUT2D eigenvalue weighted by Crippen LogP contribution is 2.23. The third kappa shape index (κ3) is 3.55. The van der Waals surface area contributed by atoms with Crippen LogP contribution in [0.5, 0.6) is 5.75 Å². The molecule has 1 amide bonds. The molecule has 2 aromatic rings. The molecule has 0 bridgehead atoms. The molecule has 0 radical (unpaired) electrons. The Morgan fingerprint density at radius 2 is 2.04 bits per heavy atom. The standard InChI is InChI=1S/C18H21NO4/c1-11-9-17(20)23-16-10-14(7-8-15(11)16)22-12(2)18(21)19-13-5-3-4-6-13/h7-10,12-13H,3-6H2,1-2H3,(H,19,21)/t12-/m1/s1. The van der Waals surface area contributed by atoms with E-state index in [0.717, 1.165) is 23.8 Å². The molecule has 1 aliphatic carbocycles. The summed E-state index contributed by atoms with van der Waals surface area (Å²) in [6.07, 6.45) is 3.83. The third-order valence-electron chi connectivity index (χ3n) is 4.31. The first-order valence-electron chi connectivity index (χ1n) is 8.04. The number of hydrogen-bond acceptors (Lipinski definition) is 4. The van der Waals surface area contributed by atoms with Crippen molar-refractivity contribution in [3.63, 3.8) is 0 Å². The van der Waals surface area contributed by atoms with E-state index in [4.69, 9.17) is 9.15 Å². The van der Waals surface area contributed by atoms with E-state index in [0.29, 0.717) is 11.3 Å². The first kappa shape index (κ1) is 15.6. The second-order valence-corrected chi connectivity index (χ2v) is 6.16. The van der Waals surface area contributed by atoms with Gasteiger partial charge in [0.1, 0.15) is 11.3 Å². The number of hydrogen-bond donors (Lipinski definition) is 1. The van der Waals surface area contributed by atoms with Gasteiger partial charge in [-0.2, -0.15) is 0 Å². The molecule has 1 aromatic carbocycles. The highest BCUT2D eigenvalue weighted by atomic mass is 16.5. The predicted molar refractivity (Wildman–Crippen MR) is 87.7 cm³/mol. The molecule has 0 spiro atoms. The van der Waals surface area contributed by atoms with Gasteiger partial charge in [0, 0.05) is 23.6 Å². The molecule has 1 saturated carbocycles. The lowest BCUT2D eigenvalue weighted by atomic mass is 10.1. The van der Waals surface area contributed by atoms with Crippen LogP contribution in [0.1, 0.15) is 38.2 Å². The lowest BCUT2D eigenvalue weighted by molar-refractivity contribution is -0.127. The normalized spacial score (nSPS) is 16.4. The van der Waals surface area contributed by atoms with E-state index in [1.807, 2.05) is 13.0 Å². The van der Waals surface area contributed by atoms with Gasteiger partial charge in [-0.15, -0.1) is 0 Å². The molecule has 23 heavy (non-hydrogen) atoms. The maximum atomic E-state index is 12.2. The van der Waals surface area contributed by atoms with Crippen LogP contribution in [-0.4, -0.2) is 18.1 Å². The van der Waals surface area contributed by atoms with Crippen molar-refractivity contribution in [3.05, 3.63) is 40.2 Å². The smallest absolute Gasteiger partial charge is 0.336 e. The van der Waals surface area contributed by atoms with E-state index in [2.05, 4.69) is 5.32 Å². The lowest BCUT2D eigenvalue weighted by Gasteiger charge is -2.18. The maximum Gasteiger partial charge on any atom is 0.336 e. The van der Waals surface area contributed by atoms with Crippen LogP contribution in [0.15, 0.2) is 33.5 Å². The Morgan fingerprint density at radius 1 is 1.30 bits per heavy atom. The van der Waals surface area contributed by atoms with Crippen molar-refractivity contribution in [3.8, 4) is 5.75 Å². The van der Waals surface area contributed by atoms with Crippen LogP contribution < -0.4 is 15.7 Å². The molecular formula is C18H21NO4. The second kappa shape index (κ2) is 6.44. The summed E-state index contributed by atoms with van der Waals surface area (Å²) in [6, 6.07) is 7.01.